The number of piperidine rings is 1. The third kappa shape index (κ3) is 3.93. The van der Waals surface area contributed by atoms with Crippen molar-refractivity contribution in [3.05, 3.63) is 35.6 Å². The molecule has 0 aliphatic carbocycles. The second kappa shape index (κ2) is 7.73. The minimum atomic E-state index is -0.0897. The van der Waals surface area contributed by atoms with Gasteiger partial charge in [0.25, 0.3) is 0 Å². The number of likely N-dealkylation sites (tertiary alicyclic amines) is 1. The molecule has 2 saturated heterocycles. The Bertz CT molecular complexity index is 500. The average Bonchev–Trinajstić information content (AvgIpc) is 2.58. The first-order chi connectivity index (χ1) is 11.2. The Morgan fingerprint density at radius 1 is 1.26 bits per heavy atom. The SMILES string of the molecule is CCOC[C@@H]1COCCC12CCN(Cc1ccccc1F)CC2. The van der Waals surface area contributed by atoms with Crippen LogP contribution < -0.4 is 0 Å². The van der Waals surface area contributed by atoms with E-state index < -0.39 is 0 Å². The molecule has 4 heteroatoms. The molecule has 1 aromatic carbocycles. The van der Waals surface area contributed by atoms with Gasteiger partial charge in [0.2, 0.25) is 0 Å². The van der Waals surface area contributed by atoms with Gasteiger partial charge in [0.1, 0.15) is 5.82 Å². The summed E-state index contributed by atoms with van der Waals surface area (Å²) in [7, 11) is 0. The van der Waals surface area contributed by atoms with E-state index in [1.54, 1.807) is 12.1 Å². The van der Waals surface area contributed by atoms with E-state index in [1.807, 2.05) is 19.1 Å². The molecule has 0 radical (unpaired) electrons. The Kier molecular flexibility index (Phi) is 5.67. The van der Waals surface area contributed by atoms with Gasteiger partial charge >= 0.3 is 0 Å². The lowest BCUT2D eigenvalue weighted by atomic mass is 9.66. The minimum absolute atomic E-state index is 0.0897. The first kappa shape index (κ1) is 16.9. The third-order valence-corrected chi connectivity index (χ3v) is 5.66. The van der Waals surface area contributed by atoms with Gasteiger partial charge in [0, 0.05) is 31.2 Å². The van der Waals surface area contributed by atoms with Crippen molar-refractivity contribution in [2.24, 2.45) is 11.3 Å². The average molecular weight is 321 g/mol. The maximum atomic E-state index is 13.8. The van der Waals surface area contributed by atoms with E-state index in [9.17, 15) is 4.39 Å². The highest BCUT2D eigenvalue weighted by molar-refractivity contribution is 5.17. The first-order valence-corrected chi connectivity index (χ1v) is 8.85. The van der Waals surface area contributed by atoms with Gasteiger partial charge in [-0.3, -0.25) is 4.90 Å². The number of hydrogen-bond acceptors (Lipinski definition) is 3. The van der Waals surface area contributed by atoms with E-state index in [1.165, 1.54) is 12.8 Å². The molecule has 2 aliphatic heterocycles. The maximum Gasteiger partial charge on any atom is 0.127 e. The van der Waals surface area contributed by atoms with Gasteiger partial charge in [-0.2, -0.15) is 0 Å². The molecular formula is C19H28FNO2. The molecule has 2 heterocycles. The Morgan fingerprint density at radius 3 is 2.78 bits per heavy atom. The Balaban J connectivity index is 1.59. The fraction of sp³-hybridized carbons (Fsp3) is 0.684. The molecule has 0 bridgehead atoms. The summed E-state index contributed by atoms with van der Waals surface area (Å²) in [5.74, 6) is 0.417. The lowest BCUT2D eigenvalue weighted by Gasteiger charge is -2.49. The van der Waals surface area contributed by atoms with Crippen LogP contribution in [0.2, 0.25) is 0 Å². The number of hydrogen-bond donors (Lipinski definition) is 0. The van der Waals surface area contributed by atoms with Crippen LogP contribution in [0.15, 0.2) is 24.3 Å². The Labute approximate surface area is 138 Å². The van der Waals surface area contributed by atoms with E-state index >= 15 is 0 Å². The molecule has 0 N–H and O–H groups in total. The smallest absolute Gasteiger partial charge is 0.127 e. The van der Waals surface area contributed by atoms with E-state index in [0.29, 0.717) is 11.3 Å². The van der Waals surface area contributed by atoms with Gasteiger partial charge in [0.15, 0.2) is 0 Å². The highest BCUT2D eigenvalue weighted by atomic mass is 19.1. The van der Waals surface area contributed by atoms with Crippen molar-refractivity contribution in [3.8, 4) is 0 Å². The van der Waals surface area contributed by atoms with Gasteiger partial charge in [-0.1, -0.05) is 18.2 Å². The van der Waals surface area contributed by atoms with Crippen LogP contribution in [0, 0.1) is 17.2 Å². The van der Waals surface area contributed by atoms with Crippen LogP contribution in [0.1, 0.15) is 31.7 Å². The van der Waals surface area contributed by atoms with Crippen LogP contribution >= 0.6 is 0 Å². The molecule has 128 valence electrons. The van der Waals surface area contributed by atoms with Crippen LogP contribution in [-0.4, -0.2) is 44.4 Å². The van der Waals surface area contributed by atoms with E-state index in [2.05, 4.69) is 4.90 Å². The summed E-state index contributed by atoms with van der Waals surface area (Å²) >= 11 is 0. The zero-order valence-corrected chi connectivity index (χ0v) is 14.1. The molecule has 0 saturated carbocycles. The highest BCUT2D eigenvalue weighted by Crippen LogP contribution is 2.45. The van der Waals surface area contributed by atoms with Crippen LogP contribution in [0.3, 0.4) is 0 Å². The lowest BCUT2D eigenvalue weighted by Crippen LogP contribution is -2.49. The molecule has 3 rings (SSSR count). The van der Waals surface area contributed by atoms with Crippen LogP contribution in [0.4, 0.5) is 4.39 Å². The molecular weight excluding hydrogens is 293 g/mol. The summed E-state index contributed by atoms with van der Waals surface area (Å²) in [5.41, 5.74) is 1.17. The highest BCUT2D eigenvalue weighted by Gasteiger charge is 2.43. The van der Waals surface area contributed by atoms with Crippen molar-refractivity contribution in [1.29, 1.82) is 0 Å². The summed E-state index contributed by atoms with van der Waals surface area (Å²) < 4.78 is 25.2. The predicted molar refractivity (Wildman–Crippen MR) is 88.8 cm³/mol. The Hall–Kier alpha value is -0.970. The number of halogens is 1. The fourth-order valence-electron chi connectivity index (χ4n) is 4.05. The number of rotatable bonds is 5. The van der Waals surface area contributed by atoms with Crippen molar-refractivity contribution in [3.63, 3.8) is 0 Å². The van der Waals surface area contributed by atoms with Crippen molar-refractivity contribution in [2.45, 2.75) is 32.7 Å². The minimum Gasteiger partial charge on any atom is -0.381 e. The lowest BCUT2D eigenvalue weighted by molar-refractivity contribution is -0.0993. The van der Waals surface area contributed by atoms with Crippen LogP contribution in [-0.2, 0) is 16.0 Å². The molecule has 23 heavy (non-hydrogen) atoms. The number of ether oxygens (including phenoxy) is 2. The van der Waals surface area contributed by atoms with Gasteiger partial charge in [-0.05, 0) is 50.8 Å². The maximum absolute atomic E-state index is 13.8. The van der Waals surface area contributed by atoms with Crippen LogP contribution in [0.5, 0.6) is 0 Å². The second-order valence-electron chi connectivity index (χ2n) is 6.91. The standard InChI is InChI=1S/C19H28FNO2/c1-2-22-14-17-15-23-12-9-19(17)7-10-21(11-8-19)13-16-5-3-4-6-18(16)20/h3-6,17H,2,7-15H2,1H3/t17-/m1/s1. The Morgan fingerprint density at radius 2 is 2.04 bits per heavy atom. The summed E-state index contributed by atoms with van der Waals surface area (Å²) in [6.07, 6.45) is 3.48. The second-order valence-corrected chi connectivity index (χ2v) is 6.91. The normalized spacial score (nSPS) is 24.9. The van der Waals surface area contributed by atoms with Crippen LogP contribution in [0.25, 0.3) is 0 Å². The van der Waals surface area contributed by atoms with Gasteiger partial charge in [-0.25, -0.2) is 4.39 Å². The first-order valence-electron chi connectivity index (χ1n) is 8.85. The van der Waals surface area contributed by atoms with Gasteiger partial charge in [0.05, 0.1) is 13.2 Å². The molecule has 0 amide bonds. The topological polar surface area (TPSA) is 21.7 Å². The van der Waals surface area contributed by atoms with E-state index in [-0.39, 0.29) is 5.82 Å². The molecule has 2 aliphatic rings. The zero-order chi connectivity index (χ0) is 16.1. The fourth-order valence-corrected chi connectivity index (χ4v) is 4.05. The summed E-state index contributed by atoms with van der Waals surface area (Å²) in [4.78, 5) is 2.39. The van der Waals surface area contributed by atoms with E-state index in [0.717, 1.165) is 58.0 Å². The largest absolute Gasteiger partial charge is 0.381 e. The molecule has 3 nitrogen and oxygen atoms in total. The van der Waals surface area contributed by atoms with Crippen molar-refractivity contribution in [1.82, 2.24) is 4.90 Å². The third-order valence-electron chi connectivity index (χ3n) is 5.66. The molecule has 1 spiro atoms. The monoisotopic (exact) mass is 321 g/mol. The summed E-state index contributed by atoms with van der Waals surface area (Å²) in [6, 6.07) is 7.12. The van der Waals surface area contributed by atoms with Crippen molar-refractivity contribution < 1.29 is 13.9 Å². The molecule has 0 aromatic heterocycles. The quantitative estimate of drug-likeness (QED) is 0.829. The zero-order valence-electron chi connectivity index (χ0n) is 14.1. The molecule has 1 aromatic rings. The van der Waals surface area contributed by atoms with Gasteiger partial charge < -0.3 is 9.47 Å². The molecule has 0 unspecified atom stereocenters. The number of benzene rings is 1. The van der Waals surface area contributed by atoms with E-state index in [4.69, 9.17) is 9.47 Å². The molecule has 1 atom stereocenters. The summed E-state index contributed by atoms with van der Waals surface area (Å²) in [5, 5.41) is 0. The number of nitrogens with zero attached hydrogens (tertiary/aromatic N) is 1. The molecule has 2 fully saturated rings. The summed E-state index contributed by atoms with van der Waals surface area (Å²) in [6.45, 7) is 8.12. The van der Waals surface area contributed by atoms with Gasteiger partial charge in [-0.15, -0.1) is 0 Å². The van der Waals surface area contributed by atoms with Crippen molar-refractivity contribution in [2.75, 3.05) is 39.5 Å². The van der Waals surface area contributed by atoms with Crippen molar-refractivity contribution >= 4 is 0 Å². The predicted octanol–water partition coefficient (Wildman–Crippen LogP) is 3.48.